The van der Waals surface area contributed by atoms with Gasteiger partial charge in [-0.15, -0.1) is 0 Å². The molecule has 1 aromatic carbocycles. The van der Waals surface area contributed by atoms with Gasteiger partial charge in [0.25, 0.3) is 0 Å². The van der Waals surface area contributed by atoms with Crippen molar-refractivity contribution in [1.82, 2.24) is 0 Å². The molecule has 0 fully saturated rings. The first-order valence-electron chi connectivity index (χ1n) is 5.52. The van der Waals surface area contributed by atoms with Crippen LogP contribution in [0.4, 0.5) is 0 Å². The number of carbonyl (C=O) groups is 2. The van der Waals surface area contributed by atoms with Crippen molar-refractivity contribution in [3.8, 4) is 5.75 Å². The maximum atomic E-state index is 11.6. The number of rotatable bonds is 5. The van der Waals surface area contributed by atoms with Crippen molar-refractivity contribution in [2.24, 2.45) is 0 Å². The third-order valence-corrected chi connectivity index (χ3v) is 2.19. The molecule has 0 saturated carbocycles. The Bertz CT molecular complexity index is 383. The molecule has 0 aliphatic carbocycles. The molecular formula is C13H16O3. The Labute approximate surface area is 95.4 Å². The van der Waals surface area contributed by atoms with Crippen LogP contribution in [0.5, 0.6) is 5.75 Å². The van der Waals surface area contributed by atoms with Crippen LogP contribution in [0.3, 0.4) is 0 Å². The predicted octanol–water partition coefficient (Wildman–Crippen LogP) is 2.98. The van der Waals surface area contributed by atoms with E-state index in [-0.39, 0.29) is 11.8 Å². The summed E-state index contributed by atoms with van der Waals surface area (Å²) in [5.41, 5.74) is 0.481. The number of hydrogen-bond donors (Lipinski definition) is 0. The fourth-order valence-corrected chi connectivity index (χ4v) is 1.35. The number of Topliss-reactive ketones (excluding diaryl/α,β-unsaturated/α-hetero) is 1. The summed E-state index contributed by atoms with van der Waals surface area (Å²) in [5, 5.41) is 0. The summed E-state index contributed by atoms with van der Waals surface area (Å²) in [7, 11) is 0. The number of ether oxygens (including phenoxy) is 1. The Hall–Kier alpha value is -1.64. The summed E-state index contributed by atoms with van der Waals surface area (Å²) in [6.45, 7) is 3.69. The Morgan fingerprint density at radius 1 is 1.19 bits per heavy atom. The molecular weight excluding hydrogens is 204 g/mol. The second-order valence-electron chi connectivity index (χ2n) is 3.50. The first kappa shape index (κ1) is 12.4. The number of carbonyl (C=O) groups excluding carboxylic acids is 2. The molecule has 0 unspecified atom stereocenters. The van der Waals surface area contributed by atoms with Gasteiger partial charge in [-0.2, -0.15) is 0 Å². The second kappa shape index (κ2) is 6.05. The van der Waals surface area contributed by atoms with E-state index in [4.69, 9.17) is 4.74 Å². The fraction of sp³-hybridized carbons (Fsp3) is 0.385. The van der Waals surface area contributed by atoms with Gasteiger partial charge in [-0.3, -0.25) is 9.59 Å². The molecule has 0 atom stereocenters. The van der Waals surface area contributed by atoms with Crippen LogP contribution >= 0.6 is 0 Å². The SMILES string of the molecule is CCCC(=O)Oc1ccccc1C(=O)CC. The van der Waals surface area contributed by atoms with E-state index >= 15 is 0 Å². The molecule has 0 aromatic heterocycles. The average molecular weight is 220 g/mol. The van der Waals surface area contributed by atoms with Gasteiger partial charge in [-0.25, -0.2) is 0 Å². The lowest BCUT2D eigenvalue weighted by Crippen LogP contribution is -2.10. The molecule has 0 amide bonds. The van der Waals surface area contributed by atoms with E-state index in [0.29, 0.717) is 24.2 Å². The molecule has 0 N–H and O–H groups in total. The number of esters is 1. The molecule has 0 radical (unpaired) electrons. The van der Waals surface area contributed by atoms with Gasteiger partial charge in [0.1, 0.15) is 5.75 Å². The van der Waals surface area contributed by atoms with Crippen LogP contribution in [0, 0.1) is 0 Å². The van der Waals surface area contributed by atoms with E-state index in [2.05, 4.69) is 0 Å². The summed E-state index contributed by atoms with van der Waals surface area (Å²) < 4.78 is 5.15. The molecule has 16 heavy (non-hydrogen) atoms. The number of ketones is 1. The van der Waals surface area contributed by atoms with Crippen molar-refractivity contribution < 1.29 is 14.3 Å². The lowest BCUT2D eigenvalue weighted by molar-refractivity contribution is -0.134. The normalized spacial score (nSPS) is 9.88. The minimum absolute atomic E-state index is 0.0140. The third kappa shape index (κ3) is 3.19. The highest BCUT2D eigenvalue weighted by atomic mass is 16.5. The molecule has 0 saturated heterocycles. The highest BCUT2D eigenvalue weighted by Gasteiger charge is 2.12. The third-order valence-electron chi connectivity index (χ3n) is 2.19. The highest BCUT2D eigenvalue weighted by molar-refractivity contribution is 5.99. The van der Waals surface area contributed by atoms with Gasteiger partial charge >= 0.3 is 5.97 Å². The first-order valence-corrected chi connectivity index (χ1v) is 5.52. The predicted molar refractivity (Wildman–Crippen MR) is 61.6 cm³/mol. The standard InChI is InChI=1S/C13H16O3/c1-3-7-13(15)16-12-9-6-5-8-10(12)11(14)4-2/h5-6,8-9H,3-4,7H2,1-2H3. The topological polar surface area (TPSA) is 43.4 Å². The molecule has 0 spiro atoms. The Morgan fingerprint density at radius 2 is 1.88 bits per heavy atom. The monoisotopic (exact) mass is 220 g/mol. The summed E-state index contributed by atoms with van der Waals surface area (Å²) in [6.07, 6.45) is 1.51. The summed E-state index contributed by atoms with van der Waals surface area (Å²) in [6, 6.07) is 6.85. The van der Waals surface area contributed by atoms with E-state index in [1.807, 2.05) is 6.92 Å². The van der Waals surface area contributed by atoms with Gasteiger partial charge in [0.15, 0.2) is 5.78 Å². The maximum absolute atomic E-state index is 11.6. The van der Waals surface area contributed by atoms with Crippen LogP contribution in [0.2, 0.25) is 0 Å². The van der Waals surface area contributed by atoms with Crippen LogP contribution in [0.1, 0.15) is 43.5 Å². The largest absolute Gasteiger partial charge is 0.426 e. The van der Waals surface area contributed by atoms with Gasteiger partial charge in [0.2, 0.25) is 0 Å². The van der Waals surface area contributed by atoms with Crippen LogP contribution in [0.25, 0.3) is 0 Å². The van der Waals surface area contributed by atoms with Crippen LogP contribution in [-0.2, 0) is 4.79 Å². The zero-order valence-corrected chi connectivity index (χ0v) is 9.66. The number of para-hydroxylation sites is 1. The Balaban J connectivity index is 2.87. The van der Waals surface area contributed by atoms with Crippen molar-refractivity contribution >= 4 is 11.8 Å². The molecule has 3 heteroatoms. The molecule has 0 aliphatic heterocycles. The van der Waals surface area contributed by atoms with E-state index in [9.17, 15) is 9.59 Å². The van der Waals surface area contributed by atoms with E-state index < -0.39 is 0 Å². The Kier molecular flexibility index (Phi) is 4.70. The summed E-state index contributed by atoms with van der Waals surface area (Å²) in [5.74, 6) is 0.0616. The first-order chi connectivity index (χ1) is 7.69. The molecule has 1 aromatic rings. The molecule has 3 nitrogen and oxygen atoms in total. The van der Waals surface area contributed by atoms with Crippen LogP contribution in [-0.4, -0.2) is 11.8 Å². The molecule has 0 bridgehead atoms. The Morgan fingerprint density at radius 3 is 2.50 bits per heavy atom. The quantitative estimate of drug-likeness (QED) is 0.435. The van der Waals surface area contributed by atoms with Gasteiger partial charge in [-0.05, 0) is 18.6 Å². The van der Waals surface area contributed by atoms with Crippen molar-refractivity contribution in [2.45, 2.75) is 33.1 Å². The lowest BCUT2D eigenvalue weighted by atomic mass is 10.1. The number of hydrogen-bond acceptors (Lipinski definition) is 3. The van der Waals surface area contributed by atoms with E-state index in [0.717, 1.165) is 6.42 Å². The number of benzene rings is 1. The lowest BCUT2D eigenvalue weighted by Gasteiger charge is -2.07. The van der Waals surface area contributed by atoms with Gasteiger partial charge < -0.3 is 4.74 Å². The zero-order chi connectivity index (χ0) is 12.0. The summed E-state index contributed by atoms with van der Waals surface area (Å²) >= 11 is 0. The molecule has 0 aliphatic rings. The van der Waals surface area contributed by atoms with Crippen molar-refractivity contribution in [1.29, 1.82) is 0 Å². The van der Waals surface area contributed by atoms with Crippen LogP contribution in [0.15, 0.2) is 24.3 Å². The van der Waals surface area contributed by atoms with Gasteiger partial charge in [0, 0.05) is 12.8 Å². The van der Waals surface area contributed by atoms with Crippen molar-refractivity contribution in [3.05, 3.63) is 29.8 Å². The second-order valence-corrected chi connectivity index (χ2v) is 3.50. The minimum Gasteiger partial charge on any atom is -0.426 e. The van der Waals surface area contributed by atoms with E-state index in [1.54, 1.807) is 31.2 Å². The van der Waals surface area contributed by atoms with Gasteiger partial charge in [-0.1, -0.05) is 26.0 Å². The molecule has 0 heterocycles. The fourth-order valence-electron chi connectivity index (χ4n) is 1.35. The van der Waals surface area contributed by atoms with E-state index in [1.165, 1.54) is 0 Å². The minimum atomic E-state index is -0.293. The van der Waals surface area contributed by atoms with Crippen molar-refractivity contribution in [2.75, 3.05) is 0 Å². The van der Waals surface area contributed by atoms with Gasteiger partial charge in [0.05, 0.1) is 5.56 Å². The molecule has 86 valence electrons. The molecule has 1 rings (SSSR count). The highest BCUT2D eigenvalue weighted by Crippen LogP contribution is 2.20. The smallest absolute Gasteiger partial charge is 0.311 e. The summed E-state index contributed by atoms with van der Waals surface area (Å²) in [4.78, 5) is 22.9. The van der Waals surface area contributed by atoms with Crippen LogP contribution < -0.4 is 4.74 Å². The maximum Gasteiger partial charge on any atom is 0.311 e. The van der Waals surface area contributed by atoms with Crippen molar-refractivity contribution in [3.63, 3.8) is 0 Å². The average Bonchev–Trinajstić information content (AvgIpc) is 2.29. The zero-order valence-electron chi connectivity index (χ0n) is 9.66.